The summed E-state index contributed by atoms with van der Waals surface area (Å²) in [6.45, 7) is 1.52. The van der Waals surface area contributed by atoms with E-state index in [0.717, 1.165) is 24.6 Å². The van der Waals surface area contributed by atoms with Gasteiger partial charge in [0.15, 0.2) is 0 Å². The van der Waals surface area contributed by atoms with Crippen molar-refractivity contribution in [1.82, 2.24) is 4.81 Å². The van der Waals surface area contributed by atoms with Gasteiger partial charge in [0.1, 0.15) is 11.5 Å². The van der Waals surface area contributed by atoms with Crippen molar-refractivity contribution in [1.29, 1.82) is 0 Å². The molecule has 0 unspecified atom stereocenters. The maximum Gasteiger partial charge on any atom is 0.702 e. The molecular formula is C20H18BNO2. The minimum atomic E-state index is -0.414. The van der Waals surface area contributed by atoms with E-state index in [1.54, 1.807) is 0 Å². The van der Waals surface area contributed by atoms with Crippen molar-refractivity contribution < 1.29 is 9.31 Å². The molecule has 1 aliphatic rings. The lowest BCUT2D eigenvalue weighted by Crippen LogP contribution is -2.45. The van der Waals surface area contributed by atoms with Crippen molar-refractivity contribution in [2.24, 2.45) is 0 Å². The van der Waals surface area contributed by atoms with E-state index in [9.17, 15) is 0 Å². The van der Waals surface area contributed by atoms with Crippen LogP contribution in [0.3, 0.4) is 0 Å². The van der Waals surface area contributed by atoms with Crippen LogP contribution in [0.2, 0.25) is 0 Å². The lowest BCUT2D eigenvalue weighted by Gasteiger charge is -2.23. The average molecular weight is 315 g/mol. The molecule has 4 heteroatoms. The number of nitrogens with zero attached hydrogens (tertiary/aromatic N) is 1. The molecule has 1 aliphatic heterocycles. The second kappa shape index (κ2) is 6.81. The van der Waals surface area contributed by atoms with Crippen LogP contribution in [0.1, 0.15) is 11.1 Å². The van der Waals surface area contributed by atoms with Crippen LogP contribution in [-0.2, 0) is 13.1 Å². The standard InChI is InChI=1S/C20H18BNO2/c1-3-9-17(10-4-1)15-22(16-18-11-5-2-6-12-18)21-23-19-13-7-8-14-20(19)24-21/h1-14H,15-16H2. The van der Waals surface area contributed by atoms with Gasteiger partial charge in [-0.15, -0.1) is 0 Å². The van der Waals surface area contributed by atoms with Gasteiger partial charge >= 0.3 is 7.25 Å². The Morgan fingerprint density at radius 1 is 0.583 bits per heavy atom. The van der Waals surface area contributed by atoms with Gasteiger partial charge in [-0.1, -0.05) is 72.8 Å². The third-order valence-electron chi connectivity index (χ3n) is 4.06. The normalized spacial score (nSPS) is 12.6. The van der Waals surface area contributed by atoms with Gasteiger partial charge in [-0.05, 0) is 23.3 Å². The maximum absolute atomic E-state index is 6.02. The summed E-state index contributed by atoms with van der Waals surface area (Å²) in [6.07, 6.45) is 0. The molecule has 3 nitrogen and oxygen atoms in total. The molecule has 118 valence electrons. The number of para-hydroxylation sites is 2. The Balaban J connectivity index is 1.56. The van der Waals surface area contributed by atoms with Crippen LogP contribution in [-0.4, -0.2) is 12.1 Å². The Hall–Kier alpha value is -2.72. The summed E-state index contributed by atoms with van der Waals surface area (Å²) in [7, 11) is -0.414. The summed E-state index contributed by atoms with van der Waals surface area (Å²) in [5.41, 5.74) is 2.47. The number of benzene rings is 3. The first-order chi connectivity index (χ1) is 11.9. The van der Waals surface area contributed by atoms with E-state index in [1.807, 2.05) is 36.4 Å². The third-order valence-corrected chi connectivity index (χ3v) is 4.06. The van der Waals surface area contributed by atoms with E-state index < -0.39 is 7.25 Å². The molecule has 0 saturated heterocycles. The maximum atomic E-state index is 6.02. The van der Waals surface area contributed by atoms with E-state index >= 15 is 0 Å². The first kappa shape index (κ1) is 14.9. The Morgan fingerprint density at radius 3 is 1.46 bits per heavy atom. The zero-order chi connectivity index (χ0) is 16.2. The van der Waals surface area contributed by atoms with Gasteiger partial charge in [-0.25, -0.2) is 0 Å². The highest BCUT2D eigenvalue weighted by atomic mass is 16.6. The quantitative estimate of drug-likeness (QED) is 0.660. The smallest absolute Gasteiger partial charge is 0.509 e. The van der Waals surface area contributed by atoms with E-state index in [1.165, 1.54) is 11.1 Å². The summed E-state index contributed by atoms with van der Waals surface area (Å²) >= 11 is 0. The summed E-state index contributed by atoms with van der Waals surface area (Å²) in [4.78, 5) is 2.20. The first-order valence-corrected chi connectivity index (χ1v) is 8.13. The molecular weight excluding hydrogens is 297 g/mol. The predicted octanol–water partition coefficient (Wildman–Crippen LogP) is 4.15. The molecule has 0 amide bonds. The van der Waals surface area contributed by atoms with Crippen molar-refractivity contribution in [2.45, 2.75) is 13.1 Å². The number of hydrogen-bond donors (Lipinski definition) is 0. The average Bonchev–Trinajstić information content (AvgIpc) is 3.07. The molecule has 4 rings (SSSR count). The molecule has 0 bridgehead atoms. The molecule has 3 aromatic rings. The minimum Gasteiger partial charge on any atom is -0.509 e. The fourth-order valence-electron chi connectivity index (χ4n) is 2.88. The van der Waals surface area contributed by atoms with E-state index in [4.69, 9.17) is 9.31 Å². The highest BCUT2D eigenvalue weighted by Crippen LogP contribution is 2.34. The topological polar surface area (TPSA) is 21.7 Å². The highest BCUT2D eigenvalue weighted by molar-refractivity contribution is 6.44. The van der Waals surface area contributed by atoms with Crippen LogP contribution in [0, 0.1) is 0 Å². The van der Waals surface area contributed by atoms with Gasteiger partial charge in [0.2, 0.25) is 0 Å². The number of hydrogen-bond acceptors (Lipinski definition) is 3. The fraction of sp³-hybridized carbons (Fsp3) is 0.100. The summed E-state index contributed by atoms with van der Waals surface area (Å²) in [5, 5.41) is 0. The van der Waals surface area contributed by atoms with Gasteiger partial charge in [0, 0.05) is 13.1 Å². The van der Waals surface area contributed by atoms with Crippen LogP contribution in [0.5, 0.6) is 11.5 Å². The monoisotopic (exact) mass is 315 g/mol. The van der Waals surface area contributed by atoms with Crippen LogP contribution in [0.25, 0.3) is 0 Å². The molecule has 24 heavy (non-hydrogen) atoms. The predicted molar refractivity (Wildman–Crippen MR) is 95.6 cm³/mol. The fourth-order valence-corrected chi connectivity index (χ4v) is 2.88. The van der Waals surface area contributed by atoms with Crippen molar-refractivity contribution in [2.75, 3.05) is 0 Å². The Bertz CT molecular complexity index is 729. The van der Waals surface area contributed by atoms with Crippen molar-refractivity contribution >= 4 is 7.25 Å². The lowest BCUT2D eigenvalue weighted by atomic mass is 10.0. The molecule has 0 aromatic heterocycles. The highest BCUT2D eigenvalue weighted by Gasteiger charge is 2.39. The van der Waals surface area contributed by atoms with Gasteiger partial charge < -0.3 is 9.31 Å². The van der Waals surface area contributed by atoms with Crippen molar-refractivity contribution in [3.8, 4) is 11.5 Å². The van der Waals surface area contributed by atoms with Crippen molar-refractivity contribution in [3.05, 3.63) is 96.1 Å². The molecule has 0 saturated carbocycles. The van der Waals surface area contributed by atoms with E-state index in [2.05, 4.69) is 53.3 Å². The molecule has 0 aliphatic carbocycles. The van der Waals surface area contributed by atoms with Gasteiger partial charge in [0.25, 0.3) is 0 Å². The van der Waals surface area contributed by atoms with Crippen molar-refractivity contribution in [3.63, 3.8) is 0 Å². The molecule has 0 N–H and O–H groups in total. The molecule has 0 fully saturated rings. The SMILES string of the molecule is c1ccc(CN(Cc2ccccc2)B2Oc3ccccc3O2)cc1. The second-order valence-corrected chi connectivity index (χ2v) is 5.87. The second-order valence-electron chi connectivity index (χ2n) is 5.87. The largest absolute Gasteiger partial charge is 0.702 e. The molecule has 0 atom stereocenters. The van der Waals surface area contributed by atoms with Crippen LogP contribution >= 0.6 is 0 Å². The van der Waals surface area contributed by atoms with Gasteiger partial charge in [-0.3, -0.25) is 4.81 Å². The number of rotatable bonds is 5. The zero-order valence-electron chi connectivity index (χ0n) is 13.3. The van der Waals surface area contributed by atoms with Gasteiger partial charge in [-0.2, -0.15) is 0 Å². The molecule has 3 aromatic carbocycles. The Kier molecular flexibility index (Phi) is 4.21. The summed E-state index contributed by atoms with van der Waals surface area (Å²) in [5.74, 6) is 1.60. The number of fused-ring (bicyclic) bond motifs is 1. The lowest BCUT2D eigenvalue weighted by molar-refractivity contribution is 0.305. The Labute approximate surface area is 142 Å². The van der Waals surface area contributed by atoms with Crippen LogP contribution in [0.15, 0.2) is 84.9 Å². The van der Waals surface area contributed by atoms with Crippen LogP contribution in [0.4, 0.5) is 0 Å². The van der Waals surface area contributed by atoms with E-state index in [0.29, 0.717) is 0 Å². The van der Waals surface area contributed by atoms with Gasteiger partial charge in [0.05, 0.1) is 0 Å². The third kappa shape index (κ3) is 3.29. The minimum absolute atomic E-state index is 0.414. The van der Waals surface area contributed by atoms with Crippen LogP contribution < -0.4 is 9.31 Å². The van der Waals surface area contributed by atoms with E-state index in [-0.39, 0.29) is 0 Å². The molecule has 1 heterocycles. The Morgan fingerprint density at radius 2 is 1.00 bits per heavy atom. The summed E-state index contributed by atoms with van der Waals surface area (Å²) < 4.78 is 12.0. The first-order valence-electron chi connectivity index (χ1n) is 8.13. The molecule has 0 spiro atoms. The zero-order valence-corrected chi connectivity index (χ0v) is 13.3. The summed E-state index contributed by atoms with van der Waals surface area (Å²) in [6, 6.07) is 28.6. The molecule has 0 radical (unpaired) electrons.